The standard InChI is InChI=1S/C50H35N/c1-4-16-35(17-5-1)36-28-30-37(31-29-36)39-32-33-46-49(42(34-39)38-18-6-2-7-19-38)41-22-10-11-23-43(41)50(46)44-24-12-14-26-47(44)51(40-20-8-3-9-21-40)48-27-15-13-25-45(48)50/h1-32,34H,33H2. The fourth-order valence-electron chi connectivity index (χ4n) is 8.85. The molecule has 1 spiro atoms. The zero-order valence-electron chi connectivity index (χ0n) is 28.2. The Morgan fingerprint density at radius 2 is 0.902 bits per heavy atom. The van der Waals surface area contributed by atoms with Gasteiger partial charge in [0.15, 0.2) is 0 Å². The highest BCUT2D eigenvalue weighted by molar-refractivity contribution is 6.15. The molecule has 0 aromatic heterocycles. The molecule has 2 aliphatic carbocycles. The quantitative estimate of drug-likeness (QED) is 0.183. The summed E-state index contributed by atoms with van der Waals surface area (Å²) >= 11 is 0. The minimum Gasteiger partial charge on any atom is -0.310 e. The topological polar surface area (TPSA) is 3.24 Å². The maximum atomic E-state index is 2.48. The lowest BCUT2D eigenvalue weighted by molar-refractivity contribution is 0.713. The van der Waals surface area contributed by atoms with Crippen molar-refractivity contribution in [2.24, 2.45) is 0 Å². The molecule has 51 heavy (non-hydrogen) atoms. The van der Waals surface area contributed by atoms with E-state index in [4.69, 9.17) is 0 Å². The first-order valence-corrected chi connectivity index (χ1v) is 17.8. The fraction of sp³-hybridized carbons (Fsp3) is 0.0400. The summed E-state index contributed by atoms with van der Waals surface area (Å²) in [4.78, 5) is 2.46. The Labute approximate surface area is 299 Å². The van der Waals surface area contributed by atoms with E-state index in [0.717, 1.165) is 6.42 Å². The number of para-hydroxylation sites is 3. The van der Waals surface area contributed by atoms with Gasteiger partial charge < -0.3 is 4.90 Å². The number of fused-ring (bicyclic) bond motifs is 8. The normalized spacial score (nSPS) is 15.3. The Bertz CT molecular complexity index is 2470. The van der Waals surface area contributed by atoms with Crippen molar-refractivity contribution in [3.8, 4) is 11.1 Å². The Morgan fingerprint density at radius 3 is 1.55 bits per heavy atom. The molecule has 0 saturated carbocycles. The molecule has 7 aromatic carbocycles. The molecule has 0 unspecified atom stereocenters. The van der Waals surface area contributed by atoms with Crippen molar-refractivity contribution in [1.29, 1.82) is 0 Å². The van der Waals surface area contributed by atoms with E-state index in [1.165, 1.54) is 83.9 Å². The van der Waals surface area contributed by atoms with Gasteiger partial charge in [-0.15, -0.1) is 0 Å². The average Bonchev–Trinajstić information content (AvgIpc) is 3.34. The number of rotatable bonds is 4. The summed E-state index contributed by atoms with van der Waals surface area (Å²) in [6.45, 7) is 0. The van der Waals surface area contributed by atoms with Crippen LogP contribution in [0.4, 0.5) is 17.1 Å². The fourth-order valence-corrected chi connectivity index (χ4v) is 8.85. The molecular formula is C50H35N. The largest absolute Gasteiger partial charge is 0.310 e. The number of hydrogen-bond acceptors (Lipinski definition) is 1. The van der Waals surface area contributed by atoms with Crippen LogP contribution in [0.15, 0.2) is 206 Å². The highest BCUT2D eigenvalue weighted by Gasteiger charge is 2.53. The molecule has 10 rings (SSSR count). The van der Waals surface area contributed by atoms with Crippen molar-refractivity contribution in [3.63, 3.8) is 0 Å². The molecule has 0 fully saturated rings. The molecule has 1 nitrogen and oxygen atoms in total. The van der Waals surface area contributed by atoms with Gasteiger partial charge in [0.25, 0.3) is 0 Å². The van der Waals surface area contributed by atoms with Gasteiger partial charge in [0.2, 0.25) is 0 Å². The second-order valence-corrected chi connectivity index (χ2v) is 13.6. The van der Waals surface area contributed by atoms with Crippen molar-refractivity contribution in [1.82, 2.24) is 0 Å². The molecule has 240 valence electrons. The van der Waals surface area contributed by atoms with Crippen LogP contribution in [0.5, 0.6) is 0 Å². The second-order valence-electron chi connectivity index (χ2n) is 13.6. The molecule has 7 aromatic rings. The monoisotopic (exact) mass is 649 g/mol. The van der Waals surface area contributed by atoms with E-state index < -0.39 is 5.41 Å². The first-order valence-electron chi connectivity index (χ1n) is 17.8. The van der Waals surface area contributed by atoms with Crippen LogP contribution in [0.3, 0.4) is 0 Å². The minimum absolute atomic E-state index is 0.471. The van der Waals surface area contributed by atoms with Crippen LogP contribution in [-0.4, -0.2) is 0 Å². The molecule has 0 bridgehead atoms. The number of benzene rings is 7. The Kier molecular flexibility index (Phi) is 6.85. The Morgan fingerprint density at radius 1 is 0.412 bits per heavy atom. The molecule has 0 saturated heterocycles. The van der Waals surface area contributed by atoms with Gasteiger partial charge in [0.05, 0.1) is 16.8 Å². The van der Waals surface area contributed by atoms with Gasteiger partial charge in [0, 0.05) is 5.69 Å². The van der Waals surface area contributed by atoms with E-state index in [1.54, 1.807) is 0 Å². The zero-order chi connectivity index (χ0) is 33.8. The number of nitrogens with zero attached hydrogens (tertiary/aromatic N) is 1. The Balaban J connectivity index is 1.24. The van der Waals surface area contributed by atoms with Crippen LogP contribution in [0.1, 0.15) is 39.8 Å². The van der Waals surface area contributed by atoms with Crippen LogP contribution >= 0.6 is 0 Å². The van der Waals surface area contributed by atoms with Crippen molar-refractivity contribution in [3.05, 3.63) is 239 Å². The SMILES string of the molecule is C1=C(c2ccc(-c3ccccc3)cc2)C=C(c2ccccc2)C2=C(C1)C1(c3ccccc32)c2ccccc2N(c2ccccc2)c2ccccc21. The molecule has 0 atom stereocenters. The third-order valence-corrected chi connectivity index (χ3v) is 11.0. The molecule has 1 heteroatoms. The van der Waals surface area contributed by atoms with E-state index in [1.807, 2.05) is 0 Å². The van der Waals surface area contributed by atoms with Crippen LogP contribution in [0, 0.1) is 0 Å². The molecule has 1 aliphatic heterocycles. The molecular weight excluding hydrogens is 615 g/mol. The maximum Gasteiger partial charge on any atom is 0.0720 e. The predicted molar refractivity (Wildman–Crippen MR) is 213 cm³/mol. The van der Waals surface area contributed by atoms with Crippen LogP contribution in [0.25, 0.3) is 27.8 Å². The summed E-state index contributed by atoms with van der Waals surface area (Å²) in [6.07, 6.45) is 5.74. The average molecular weight is 650 g/mol. The summed E-state index contributed by atoms with van der Waals surface area (Å²) in [5.41, 5.74) is 18.7. The van der Waals surface area contributed by atoms with E-state index >= 15 is 0 Å². The smallest absolute Gasteiger partial charge is 0.0720 e. The zero-order valence-corrected chi connectivity index (χ0v) is 28.2. The van der Waals surface area contributed by atoms with Crippen molar-refractivity contribution in [2.75, 3.05) is 4.90 Å². The van der Waals surface area contributed by atoms with Gasteiger partial charge >= 0.3 is 0 Å². The van der Waals surface area contributed by atoms with Gasteiger partial charge in [0.1, 0.15) is 0 Å². The highest BCUT2D eigenvalue weighted by Crippen LogP contribution is 2.65. The Hall–Kier alpha value is -6.44. The third-order valence-electron chi connectivity index (χ3n) is 11.0. The van der Waals surface area contributed by atoms with E-state index in [2.05, 4.69) is 205 Å². The second kappa shape index (κ2) is 11.9. The van der Waals surface area contributed by atoms with Gasteiger partial charge in [-0.05, 0) is 104 Å². The van der Waals surface area contributed by atoms with Crippen LogP contribution in [-0.2, 0) is 5.41 Å². The van der Waals surface area contributed by atoms with Crippen molar-refractivity contribution in [2.45, 2.75) is 11.8 Å². The lowest BCUT2D eigenvalue weighted by atomic mass is 9.63. The lowest BCUT2D eigenvalue weighted by Crippen LogP contribution is -2.37. The van der Waals surface area contributed by atoms with E-state index in [9.17, 15) is 0 Å². The van der Waals surface area contributed by atoms with E-state index in [-0.39, 0.29) is 0 Å². The predicted octanol–water partition coefficient (Wildman–Crippen LogP) is 12.8. The van der Waals surface area contributed by atoms with Gasteiger partial charge in [-0.3, -0.25) is 0 Å². The van der Waals surface area contributed by atoms with Gasteiger partial charge in [-0.2, -0.15) is 0 Å². The number of allylic oxidation sites excluding steroid dienone is 6. The summed E-state index contributed by atoms with van der Waals surface area (Å²) in [6, 6.07) is 68.9. The number of hydrogen-bond donors (Lipinski definition) is 0. The first-order chi connectivity index (χ1) is 25.3. The van der Waals surface area contributed by atoms with Crippen LogP contribution in [0.2, 0.25) is 0 Å². The van der Waals surface area contributed by atoms with E-state index in [0.29, 0.717) is 0 Å². The summed E-state index contributed by atoms with van der Waals surface area (Å²) in [5, 5.41) is 0. The molecule has 3 aliphatic rings. The first kappa shape index (κ1) is 29.5. The van der Waals surface area contributed by atoms with Gasteiger partial charge in [-0.1, -0.05) is 170 Å². The lowest BCUT2D eigenvalue weighted by Gasteiger charge is -2.46. The van der Waals surface area contributed by atoms with Crippen molar-refractivity contribution >= 4 is 33.8 Å². The molecule has 1 heterocycles. The summed E-state index contributed by atoms with van der Waals surface area (Å²) in [5.74, 6) is 0. The number of anilines is 3. The minimum atomic E-state index is -0.471. The van der Waals surface area contributed by atoms with Crippen molar-refractivity contribution < 1.29 is 0 Å². The van der Waals surface area contributed by atoms with Crippen LogP contribution < -0.4 is 4.90 Å². The third kappa shape index (κ3) is 4.48. The maximum absolute atomic E-state index is 2.48. The molecule has 0 amide bonds. The molecule has 0 N–H and O–H groups in total. The molecule has 0 radical (unpaired) electrons. The summed E-state index contributed by atoms with van der Waals surface area (Å²) < 4.78 is 0. The highest BCUT2D eigenvalue weighted by atomic mass is 15.2. The van der Waals surface area contributed by atoms with Gasteiger partial charge in [-0.25, -0.2) is 0 Å². The summed E-state index contributed by atoms with van der Waals surface area (Å²) in [7, 11) is 0.